The van der Waals surface area contributed by atoms with Crippen molar-refractivity contribution in [1.29, 1.82) is 0 Å². The molecule has 2 N–H and O–H groups in total. The number of anilines is 1. The molecule has 2 heterocycles. The lowest BCUT2D eigenvalue weighted by Crippen LogP contribution is -2.38. The molecule has 0 spiro atoms. The Bertz CT molecular complexity index is 1020. The van der Waals surface area contributed by atoms with Gasteiger partial charge < -0.3 is 15.4 Å². The van der Waals surface area contributed by atoms with Gasteiger partial charge in [-0.05, 0) is 25.0 Å². The standard InChI is InChI=1S/C23H32N6O2S/c1-15(2)13-25-20-19-14-26-29(21(19)28-23(27-20)32-16(3)4)12-11-24-22(30)17(5)31-18-9-7-6-8-10-18/h6-10,14-17H,11-13H2,1-5H3,(H,24,30)(H,25,27,28). The molecule has 0 aliphatic rings. The smallest absolute Gasteiger partial charge is 0.260 e. The lowest BCUT2D eigenvalue weighted by Gasteiger charge is -2.15. The lowest BCUT2D eigenvalue weighted by molar-refractivity contribution is -0.127. The molecule has 0 radical (unpaired) electrons. The van der Waals surface area contributed by atoms with Gasteiger partial charge in [0.25, 0.3) is 5.91 Å². The van der Waals surface area contributed by atoms with Crippen molar-refractivity contribution in [3.05, 3.63) is 36.5 Å². The summed E-state index contributed by atoms with van der Waals surface area (Å²) in [5.41, 5.74) is 0.761. The van der Waals surface area contributed by atoms with Gasteiger partial charge in [-0.1, -0.05) is 57.7 Å². The third kappa shape index (κ3) is 6.59. The van der Waals surface area contributed by atoms with E-state index in [1.807, 2.05) is 35.0 Å². The third-order valence-corrected chi connectivity index (χ3v) is 5.41. The summed E-state index contributed by atoms with van der Waals surface area (Å²) >= 11 is 1.62. The molecular formula is C23H32N6O2S. The molecule has 1 aromatic carbocycles. The van der Waals surface area contributed by atoms with Crippen LogP contribution in [0.25, 0.3) is 11.0 Å². The first kappa shape index (κ1) is 23.8. The Balaban J connectivity index is 1.67. The normalized spacial score (nSPS) is 12.3. The highest BCUT2D eigenvalue weighted by Crippen LogP contribution is 2.26. The van der Waals surface area contributed by atoms with Gasteiger partial charge in [0, 0.05) is 18.3 Å². The summed E-state index contributed by atoms with van der Waals surface area (Å²) in [5.74, 6) is 1.79. The molecule has 32 heavy (non-hydrogen) atoms. The minimum Gasteiger partial charge on any atom is -0.481 e. The molecule has 8 nitrogen and oxygen atoms in total. The van der Waals surface area contributed by atoms with Gasteiger partial charge in [-0.15, -0.1) is 0 Å². The van der Waals surface area contributed by atoms with Crippen molar-refractivity contribution in [2.75, 3.05) is 18.4 Å². The Kier molecular flexibility index (Phi) is 8.33. The van der Waals surface area contributed by atoms with Gasteiger partial charge in [0.2, 0.25) is 0 Å². The molecule has 1 unspecified atom stereocenters. The molecule has 9 heteroatoms. The van der Waals surface area contributed by atoms with Gasteiger partial charge in [-0.3, -0.25) is 4.79 Å². The number of carbonyl (C=O) groups is 1. The zero-order chi connectivity index (χ0) is 23.1. The SMILES string of the molecule is CC(C)CNc1nc(SC(C)C)nc2c1cnn2CCNC(=O)C(C)Oc1ccccc1. The molecule has 0 saturated carbocycles. The molecule has 3 rings (SSSR count). The minimum atomic E-state index is -0.588. The van der Waals surface area contributed by atoms with Gasteiger partial charge in [0.1, 0.15) is 11.6 Å². The first-order valence-electron chi connectivity index (χ1n) is 11.0. The average molecular weight is 457 g/mol. The average Bonchev–Trinajstić information content (AvgIpc) is 3.15. The number of rotatable bonds is 11. The number of thioether (sulfide) groups is 1. The van der Waals surface area contributed by atoms with Crippen molar-refractivity contribution in [1.82, 2.24) is 25.1 Å². The fourth-order valence-electron chi connectivity index (χ4n) is 2.98. The second kappa shape index (κ2) is 11.2. The summed E-state index contributed by atoms with van der Waals surface area (Å²) in [6.45, 7) is 12.0. The van der Waals surface area contributed by atoms with Crippen LogP contribution in [0.2, 0.25) is 0 Å². The fraction of sp³-hybridized carbons (Fsp3) is 0.478. The van der Waals surface area contributed by atoms with Crippen LogP contribution in [0.4, 0.5) is 5.82 Å². The Morgan fingerprint density at radius 2 is 1.88 bits per heavy atom. The molecule has 0 aliphatic heterocycles. The van der Waals surface area contributed by atoms with Crippen molar-refractivity contribution in [2.24, 2.45) is 5.92 Å². The molecule has 0 saturated heterocycles. The number of para-hydroxylation sites is 1. The number of benzene rings is 1. The van der Waals surface area contributed by atoms with E-state index < -0.39 is 6.10 Å². The Morgan fingerprint density at radius 3 is 2.56 bits per heavy atom. The Morgan fingerprint density at radius 1 is 1.12 bits per heavy atom. The molecule has 2 aromatic heterocycles. The van der Waals surface area contributed by atoms with E-state index in [0.29, 0.717) is 30.0 Å². The highest BCUT2D eigenvalue weighted by atomic mass is 32.2. The highest BCUT2D eigenvalue weighted by molar-refractivity contribution is 7.99. The molecule has 0 aliphatic carbocycles. The van der Waals surface area contributed by atoms with Crippen LogP contribution in [-0.4, -0.2) is 50.1 Å². The van der Waals surface area contributed by atoms with Crippen LogP contribution in [-0.2, 0) is 11.3 Å². The van der Waals surface area contributed by atoms with Gasteiger partial charge in [0.05, 0.1) is 18.1 Å². The zero-order valence-corrected chi connectivity index (χ0v) is 20.1. The largest absolute Gasteiger partial charge is 0.481 e. The van der Waals surface area contributed by atoms with Gasteiger partial charge >= 0.3 is 0 Å². The molecule has 0 bridgehead atoms. The zero-order valence-electron chi connectivity index (χ0n) is 19.3. The van der Waals surface area contributed by atoms with Crippen LogP contribution < -0.4 is 15.4 Å². The van der Waals surface area contributed by atoms with Gasteiger partial charge in [0.15, 0.2) is 16.9 Å². The molecule has 172 valence electrons. The van der Waals surface area contributed by atoms with E-state index in [2.05, 4.69) is 43.4 Å². The summed E-state index contributed by atoms with van der Waals surface area (Å²) < 4.78 is 7.49. The van der Waals surface area contributed by atoms with Crippen LogP contribution in [0.3, 0.4) is 0 Å². The molecule has 3 aromatic rings. The second-order valence-electron chi connectivity index (χ2n) is 8.27. The quantitative estimate of drug-likeness (QED) is 0.333. The maximum Gasteiger partial charge on any atom is 0.260 e. The summed E-state index contributed by atoms with van der Waals surface area (Å²) in [4.78, 5) is 21.8. The maximum atomic E-state index is 12.4. The van der Waals surface area contributed by atoms with E-state index >= 15 is 0 Å². The number of hydrogen-bond acceptors (Lipinski definition) is 7. The number of aromatic nitrogens is 4. The second-order valence-corrected chi connectivity index (χ2v) is 9.81. The van der Waals surface area contributed by atoms with Crippen molar-refractivity contribution < 1.29 is 9.53 Å². The molecule has 1 atom stereocenters. The topological polar surface area (TPSA) is 94.0 Å². The van der Waals surface area contributed by atoms with E-state index in [4.69, 9.17) is 14.7 Å². The van der Waals surface area contributed by atoms with Crippen molar-refractivity contribution in [3.8, 4) is 5.75 Å². The molecule has 1 amide bonds. The minimum absolute atomic E-state index is 0.171. The molecule has 0 fully saturated rings. The maximum absolute atomic E-state index is 12.4. The first-order valence-corrected chi connectivity index (χ1v) is 11.8. The first-order chi connectivity index (χ1) is 15.3. The number of hydrogen-bond donors (Lipinski definition) is 2. The van der Waals surface area contributed by atoms with Crippen molar-refractivity contribution in [2.45, 2.75) is 57.7 Å². The number of amides is 1. The van der Waals surface area contributed by atoms with Gasteiger partial charge in [-0.2, -0.15) is 5.10 Å². The number of fused-ring (bicyclic) bond motifs is 1. The number of ether oxygens (including phenoxy) is 1. The van der Waals surface area contributed by atoms with E-state index in [1.54, 1.807) is 24.9 Å². The van der Waals surface area contributed by atoms with Crippen LogP contribution in [0.5, 0.6) is 5.75 Å². The van der Waals surface area contributed by atoms with E-state index in [1.165, 1.54) is 0 Å². The van der Waals surface area contributed by atoms with E-state index in [-0.39, 0.29) is 5.91 Å². The van der Waals surface area contributed by atoms with E-state index in [9.17, 15) is 4.79 Å². The summed E-state index contributed by atoms with van der Waals surface area (Å²) in [7, 11) is 0. The summed E-state index contributed by atoms with van der Waals surface area (Å²) in [5, 5.41) is 12.8. The highest BCUT2D eigenvalue weighted by Gasteiger charge is 2.16. The lowest BCUT2D eigenvalue weighted by atomic mass is 10.2. The number of nitrogens with one attached hydrogen (secondary N) is 2. The summed E-state index contributed by atoms with van der Waals surface area (Å²) in [6, 6.07) is 9.32. The Labute approximate surface area is 193 Å². The predicted molar refractivity (Wildman–Crippen MR) is 129 cm³/mol. The number of carbonyl (C=O) groups excluding carboxylic acids is 1. The van der Waals surface area contributed by atoms with Crippen LogP contribution in [0.1, 0.15) is 34.6 Å². The summed E-state index contributed by atoms with van der Waals surface area (Å²) in [6.07, 6.45) is 1.19. The van der Waals surface area contributed by atoms with Gasteiger partial charge in [-0.25, -0.2) is 14.6 Å². The Hall–Kier alpha value is -2.81. The third-order valence-electron chi connectivity index (χ3n) is 4.54. The predicted octanol–water partition coefficient (Wildman–Crippen LogP) is 3.98. The van der Waals surface area contributed by atoms with Crippen LogP contribution >= 0.6 is 11.8 Å². The fourth-order valence-corrected chi connectivity index (χ4v) is 3.69. The van der Waals surface area contributed by atoms with Crippen molar-refractivity contribution in [3.63, 3.8) is 0 Å². The van der Waals surface area contributed by atoms with Crippen LogP contribution in [0, 0.1) is 5.92 Å². The van der Waals surface area contributed by atoms with Crippen molar-refractivity contribution >= 4 is 34.5 Å². The van der Waals surface area contributed by atoms with Crippen LogP contribution in [0.15, 0.2) is 41.7 Å². The number of nitrogens with zero attached hydrogens (tertiary/aromatic N) is 4. The molecular weight excluding hydrogens is 424 g/mol. The monoisotopic (exact) mass is 456 g/mol. The van der Waals surface area contributed by atoms with E-state index in [0.717, 1.165) is 28.6 Å².